The van der Waals surface area contributed by atoms with Gasteiger partial charge < -0.3 is 4.74 Å². The zero-order valence-electron chi connectivity index (χ0n) is 11.0. The van der Waals surface area contributed by atoms with Crippen LogP contribution in [0.1, 0.15) is 19.0 Å². The van der Waals surface area contributed by atoms with Gasteiger partial charge in [0.15, 0.2) is 0 Å². The van der Waals surface area contributed by atoms with Crippen molar-refractivity contribution in [2.45, 2.75) is 19.5 Å². The molecule has 4 nitrogen and oxygen atoms in total. The summed E-state index contributed by atoms with van der Waals surface area (Å²) in [5.74, 6) is 0.456. The second-order valence-electron chi connectivity index (χ2n) is 4.16. The molecule has 0 atom stereocenters. The topological polar surface area (TPSA) is 47.9 Å². The van der Waals surface area contributed by atoms with Gasteiger partial charge in [0.05, 0.1) is 18.5 Å². The highest BCUT2D eigenvalue weighted by Crippen LogP contribution is 2.31. The number of halogens is 4. The van der Waals surface area contributed by atoms with E-state index < -0.39 is 17.2 Å². The first-order valence-corrected chi connectivity index (χ1v) is 6.48. The summed E-state index contributed by atoms with van der Waals surface area (Å²) in [6.07, 6.45) is -0.920. The maximum absolute atomic E-state index is 12.7. The van der Waals surface area contributed by atoms with E-state index in [0.717, 1.165) is 12.5 Å². The average molecular weight is 318 g/mol. The minimum atomic E-state index is -4.59. The number of rotatable bonds is 4. The third kappa shape index (κ3) is 4.04. The van der Waals surface area contributed by atoms with Gasteiger partial charge in [0.1, 0.15) is 11.4 Å². The fourth-order valence-electron chi connectivity index (χ4n) is 1.57. The molecule has 0 amide bonds. The molecular weight excluding hydrogens is 307 g/mol. The standard InChI is InChI=1S/C13H11ClF3N3O/c1-2-3-21-9-4-8(6-18-7-9)10-5-11(13(15,16)17)20-12(14)19-10/h4-7H,2-3H2,1H3. The Balaban J connectivity index is 2.40. The molecule has 0 unspecified atom stereocenters. The normalized spacial score (nSPS) is 11.5. The van der Waals surface area contributed by atoms with Gasteiger partial charge in [-0.3, -0.25) is 4.98 Å². The molecule has 0 bridgehead atoms. The summed E-state index contributed by atoms with van der Waals surface area (Å²) in [7, 11) is 0. The van der Waals surface area contributed by atoms with Crippen molar-refractivity contribution in [1.82, 2.24) is 15.0 Å². The molecule has 0 spiro atoms. The number of hydrogen-bond donors (Lipinski definition) is 0. The molecule has 0 aliphatic rings. The fraction of sp³-hybridized carbons (Fsp3) is 0.308. The third-order valence-corrected chi connectivity index (χ3v) is 2.64. The predicted octanol–water partition coefficient (Wildman–Crippen LogP) is 4.00. The lowest BCUT2D eigenvalue weighted by Gasteiger charge is -2.09. The average Bonchev–Trinajstić information content (AvgIpc) is 2.44. The van der Waals surface area contributed by atoms with Crippen molar-refractivity contribution < 1.29 is 17.9 Å². The number of hydrogen-bond acceptors (Lipinski definition) is 4. The van der Waals surface area contributed by atoms with Crippen molar-refractivity contribution in [3.05, 3.63) is 35.5 Å². The van der Waals surface area contributed by atoms with Crippen LogP contribution in [0.4, 0.5) is 13.2 Å². The van der Waals surface area contributed by atoms with Crippen molar-refractivity contribution in [1.29, 1.82) is 0 Å². The first-order chi connectivity index (χ1) is 9.90. The lowest BCUT2D eigenvalue weighted by atomic mass is 10.2. The van der Waals surface area contributed by atoms with E-state index in [4.69, 9.17) is 16.3 Å². The van der Waals surface area contributed by atoms with E-state index in [1.165, 1.54) is 12.4 Å². The van der Waals surface area contributed by atoms with E-state index in [1.807, 2.05) is 6.92 Å². The zero-order chi connectivity index (χ0) is 15.5. The van der Waals surface area contributed by atoms with E-state index in [1.54, 1.807) is 6.07 Å². The van der Waals surface area contributed by atoms with E-state index in [-0.39, 0.29) is 5.69 Å². The highest BCUT2D eigenvalue weighted by Gasteiger charge is 2.33. The number of nitrogens with zero attached hydrogens (tertiary/aromatic N) is 3. The molecule has 2 heterocycles. The van der Waals surface area contributed by atoms with Gasteiger partial charge in [-0.15, -0.1) is 0 Å². The van der Waals surface area contributed by atoms with Crippen molar-refractivity contribution in [3.8, 4) is 17.0 Å². The summed E-state index contributed by atoms with van der Waals surface area (Å²) >= 11 is 5.56. The summed E-state index contributed by atoms with van der Waals surface area (Å²) in [5.41, 5.74) is -0.687. The second kappa shape index (κ2) is 6.26. The smallest absolute Gasteiger partial charge is 0.433 e. The van der Waals surface area contributed by atoms with Gasteiger partial charge in [-0.2, -0.15) is 13.2 Å². The van der Waals surface area contributed by atoms with Crippen LogP contribution in [0.25, 0.3) is 11.3 Å². The molecule has 8 heteroatoms. The Bertz CT molecular complexity index is 634. The number of alkyl halides is 3. The Hall–Kier alpha value is -1.89. The molecule has 0 aliphatic carbocycles. The molecule has 0 radical (unpaired) electrons. The molecule has 0 fully saturated rings. The van der Waals surface area contributed by atoms with Gasteiger partial charge in [-0.1, -0.05) is 6.92 Å². The Kier molecular flexibility index (Phi) is 4.62. The van der Waals surface area contributed by atoms with Crippen LogP contribution < -0.4 is 4.74 Å². The van der Waals surface area contributed by atoms with Gasteiger partial charge in [0.2, 0.25) is 5.28 Å². The molecule has 2 aromatic heterocycles. The van der Waals surface area contributed by atoms with Crippen molar-refractivity contribution in [2.75, 3.05) is 6.61 Å². The molecular formula is C13H11ClF3N3O. The van der Waals surface area contributed by atoms with Crippen LogP contribution in [0, 0.1) is 0 Å². The van der Waals surface area contributed by atoms with Gasteiger partial charge in [-0.05, 0) is 30.2 Å². The highest BCUT2D eigenvalue weighted by atomic mass is 35.5. The van der Waals surface area contributed by atoms with Crippen molar-refractivity contribution in [2.24, 2.45) is 0 Å². The minimum absolute atomic E-state index is 0.0387. The zero-order valence-corrected chi connectivity index (χ0v) is 11.7. The minimum Gasteiger partial charge on any atom is -0.492 e. The van der Waals surface area contributed by atoms with E-state index >= 15 is 0 Å². The quantitative estimate of drug-likeness (QED) is 0.800. The van der Waals surface area contributed by atoms with Crippen LogP contribution >= 0.6 is 11.6 Å². The molecule has 0 saturated carbocycles. The van der Waals surface area contributed by atoms with E-state index in [0.29, 0.717) is 17.9 Å². The molecule has 0 aliphatic heterocycles. The SMILES string of the molecule is CCCOc1cncc(-c2cc(C(F)(F)F)nc(Cl)n2)c1. The fourth-order valence-corrected chi connectivity index (χ4v) is 1.75. The van der Waals surface area contributed by atoms with Gasteiger partial charge >= 0.3 is 6.18 Å². The summed E-state index contributed by atoms with van der Waals surface area (Å²) < 4.78 is 43.5. The summed E-state index contributed by atoms with van der Waals surface area (Å²) in [5, 5.41) is -0.472. The second-order valence-corrected chi connectivity index (χ2v) is 4.50. The van der Waals surface area contributed by atoms with E-state index in [9.17, 15) is 13.2 Å². The highest BCUT2D eigenvalue weighted by molar-refractivity contribution is 6.28. The molecule has 2 rings (SSSR count). The molecule has 0 aromatic carbocycles. The molecule has 0 N–H and O–H groups in total. The molecule has 112 valence electrons. The lowest BCUT2D eigenvalue weighted by Crippen LogP contribution is -2.09. The van der Waals surface area contributed by atoms with Crippen LogP contribution in [-0.2, 0) is 6.18 Å². The third-order valence-electron chi connectivity index (χ3n) is 2.47. The van der Waals surface area contributed by atoms with Gasteiger partial charge in [0.25, 0.3) is 0 Å². The monoisotopic (exact) mass is 317 g/mol. The van der Waals surface area contributed by atoms with Crippen molar-refractivity contribution in [3.63, 3.8) is 0 Å². The predicted molar refractivity (Wildman–Crippen MR) is 71.1 cm³/mol. The first-order valence-electron chi connectivity index (χ1n) is 6.10. The number of aromatic nitrogens is 3. The number of ether oxygens (including phenoxy) is 1. The Morgan fingerprint density at radius 1 is 1.19 bits per heavy atom. The Morgan fingerprint density at radius 2 is 1.95 bits per heavy atom. The summed E-state index contributed by atoms with van der Waals surface area (Å²) in [4.78, 5) is 10.9. The van der Waals surface area contributed by atoms with E-state index in [2.05, 4.69) is 15.0 Å². The maximum Gasteiger partial charge on any atom is 0.433 e. The van der Waals surface area contributed by atoms with Crippen LogP contribution in [0.15, 0.2) is 24.5 Å². The Morgan fingerprint density at radius 3 is 2.62 bits per heavy atom. The number of pyridine rings is 1. The molecule has 2 aromatic rings. The Labute approximate surface area is 124 Å². The van der Waals surface area contributed by atoms with Crippen LogP contribution in [0.2, 0.25) is 5.28 Å². The van der Waals surface area contributed by atoms with Crippen LogP contribution in [0.3, 0.4) is 0 Å². The van der Waals surface area contributed by atoms with Crippen LogP contribution in [-0.4, -0.2) is 21.6 Å². The maximum atomic E-state index is 12.7. The largest absolute Gasteiger partial charge is 0.492 e. The molecule has 21 heavy (non-hydrogen) atoms. The van der Waals surface area contributed by atoms with Gasteiger partial charge in [0, 0.05) is 11.8 Å². The molecule has 0 saturated heterocycles. The lowest BCUT2D eigenvalue weighted by molar-refractivity contribution is -0.141. The van der Waals surface area contributed by atoms with Crippen molar-refractivity contribution >= 4 is 11.6 Å². The van der Waals surface area contributed by atoms with Gasteiger partial charge in [-0.25, -0.2) is 9.97 Å². The summed E-state index contributed by atoms with van der Waals surface area (Å²) in [6, 6.07) is 2.38. The first kappa shape index (κ1) is 15.5. The van der Waals surface area contributed by atoms with Crippen LogP contribution in [0.5, 0.6) is 5.75 Å². The summed E-state index contributed by atoms with van der Waals surface area (Å²) in [6.45, 7) is 2.43.